The normalized spacial score (nSPS) is 11.3. The van der Waals surface area contributed by atoms with Gasteiger partial charge in [0.15, 0.2) is 11.6 Å². The van der Waals surface area contributed by atoms with Crippen LogP contribution >= 0.6 is 34.3 Å². The van der Waals surface area contributed by atoms with Crippen molar-refractivity contribution in [3.8, 4) is 23.1 Å². The van der Waals surface area contributed by atoms with Gasteiger partial charge in [-0.25, -0.2) is 4.98 Å². The number of halogens is 4. The number of anilines is 1. The van der Waals surface area contributed by atoms with E-state index in [1.54, 1.807) is 23.7 Å². The molecule has 9 nitrogen and oxygen atoms in total. The molecule has 0 amide bonds. The van der Waals surface area contributed by atoms with Crippen molar-refractivity contribution in [1.82, 2.24) is 19.3 Å². The third kappa shape index (κ3) is 5.67. The number of thiazole rings is 1. The van der Waals surface area contributed by atoms with Crippen molar-refractivity contribution in [1.29, 1.82) is 5.26 Å². The number of benzene rings is 1. The summed E-state index contributed by atoms with van der Waals surface area (Å²) in [7, 11) is 1.28. The fourth-order valence-electron chi connectivity index (χ4n) is 4.20. The molecule has 15 heteroatoms. The Hall–Kier alpha value is -4.45. The number of alkyl halides is 3. The maximum Gasteiger partial charge on any atom is 0.417 e. The molecule has 0 radical (unpaired) electrons. The van der Waals surface area contributed by atoms with Gasteiger partial charge in [-0.2, -0.15) is 28.2 Å². The molecular formula is C27H18ClF3N6O3S2. The molecule has 0 bridgehead atoms. The van der Waals surface area contributed by atoms with Crippen molar-refractivity contribution in [2.45, 2.75) is 19.3 Å². The maximum absolute atomic E-state index is 13.8. The molecule has 0 unspecified atom stereocenters. The Morgan fingerprint density at radius 1 is 1.19 bits per heavy atom. The van der Waals surface area contributed by atoms with Crippen molar-refractivity contribution in [3.63, 3.8) is 0 Å². The summed E-state index contributed by atoms with van der Waals surface area (Å²) in [4.78, 5) is 32.3. The molecule has 0 saturated carbocycles. The molecular weight excluding hydrogens is 613 g/mol. The van der Waals surface area contributed by atoms with Crippen molar-refractivity contribution in [2.75, 3.05) is 12.4 Å². The largest absolute Gasteiger partial charge is 0.491 e. The quantitative estimate of drug-likeness (QED) is 0.219. The Bertz CT molecular complexity index is 1870. The standard InChI is InChI=1S/C27H18ClF3N6O3S2/c1-40-23-22(18-8-6-15(12-32)36(25(18)38)14-21-33-10-11-41-21)35-37(24(23)34-13-16-7-9-20(28)42-16)26(39)17-4-2-3-5-19(17)27(29,30)31/h2-11,34H,13-14H2,1H3. The summed E-state index contributed by atoms with van der Waals surface area (Å²) in [5.74, 6) is -1.23. The Kier molecular flexibility index (Phi) is 8.17. The first-order chi connectivity index (χ1) is 20.1. The van der Waals surface area contributed by atoms with E-state index in [0.29, 0.717) is 9.34 Å². The van der Waals surface area contributed by atoms with E-state index in [4.69, 9.17) is 16.3 Å². The molecule has 5 rings (SSSR count). The lowest BCUT2D eigenvalue weighted by atomic mass is 10.1. The molecule has 4 aromatic heterocycles. The summed E-state index contributed by atoms with van der Waals surface area (Å²) in [5, 5.41) is 19.2. The van der Waals surface area contributed by atoms with Crippen LogP contribution in [0.15, 0.2) is 64.9 Å². The van der Waals surface area contributed by atoms with Gasteiger partial charge in [-0.1, -0.05) is 23.7 Å². The SMILES string of the molecule is COc1c(-c2ccc(C#N)n(Cc3nccs3)c2=O)nn(C(=O)c2ccccc2C(F)(F)F)c1NCc1ccc(Cl)s1. The van der Waals surface area contributed by atoms with Crippen LogP contribution < -0.4 is 15.6 Å². The van der Waals surface area contributed by atoms with Gasteiger partial charge in [-0.3, -0.25) is 14.2 Å². The Balaban J connectivity index is 1.69. The van der Waals surface area contributed by atoms with E-state index in [1.807, 2.05) is 6.07 Å². The number of rotatable bonds is 8. The van der Waals surface area contributed by atoms with Gasteiger partial charge in [0.2, 0.25) is 0 Å². The van der Waals surface area contributed by atoms with E-state index in [0.717, 1.165) is 21.7 Å². The number of nitrogens with one attached hydrogen (secondary N) is 1. The number of thiophene rings is 1. The summed E-state index contributed by atoms with van der Waals surface area (Å²) in [6.07, 6.45) is -3.25. The van der Waals surface area contributed by atoms with Crippen LogP contribution in [0.3, 0.4) is 0 Å². The predicted octanol–water partition coefficient (Wildman–Crippen LogP) is 6.13. The fourth-order valence-corrected chi connectivity index (χ4v) is 5.83. The molecule has 0 saturated heterocycles. The Labute approximate surface area is 249 Å². The smallest absolute Gasteiger partial charge is 0.417 e. The molecule has 42 heavy (non-hydrogen) atoms. The average Bonchev–Trinajstić information content (AvgIpc) is 3.72. The van der Waals surface area contributed by atoms with Gasteiger partial charge in [0, 0.05) is 16.5 Å². The highest BCUT2D eigenvalue weighted by Crippen LogP contribution is 2.38. The minimum absolute atomic E-state index is 0.00160. The van der Waals surface area contributed by atoms with E-state index >= 15 is 0 Å². The van der Waals surface area contributed by atoms with E-state index < -0.39 is 28.8 Å². The first kappa shape index (κ1) is 29.1. The topological polar surface area (TPSA) is 115 Å². The molecule has 0 aliphatic carbocycles. The van der Waals surface area contributed by atoms with Gasteiger partial charge in [-0.15, -0.1) is 22.7 Å². The fraction of sp³-hybridized carbons (Fsp3) is 0.148. The summed E-state index contributed by atoms with van der Waals surface area (Å²) in [6.45, 7) is 0.118. The van der Waals surface area contributed by atoms with E-state index in [9.17, 15) is 28.0 Å². The zero-order valence-electron chi connectivity index (χ0n) is 21.5. The second-order valence-corrected chi connectivity index (χ2v) is 11.4. The molecule has 5 aromatic rings. The van der Waals surface area contributed by atoms with Gasteiger partial charge in [-0.05, 0) is 36.4 Å². The molecule has 1 N–H and O–H groups in total. The minimum Gasteiger partial charge on any atom is -0.491 e. The maximum atomic E-state index is 13.8. The molecule has 0 atom stereocenters. The lowest BCUT2D eigenvalue weighted by molar-refractivity contribution is -0.137. The van der Waals surface area contributed by atoms with Gasteiger partial charge in [0.05, 0.1) is 41.2 Å². The predicted molar refractivity (Wildman–Crippen MR) is 152 cm³/mol. The van der Waals surface area contributed by atoms with Crippen molar-refractivity contribution < 1.29 is 22.7 Å². The van der Waals surface area contributed by atoms with Gasteiger partial charge in [0.1, 0.15) is 22.5 Å². The first-order valence-electron chi connectivity index (χ1n) is 12.0. The van der Waals surface area contributed by atoms with Crippen LogP contribution in [0.25, 0.3) is 11.3 Å². The van der Waals surface area contributed by atoms with Gasteiger partial charge in [0.25, 0.3) is 11.5 Å². The number of pyridine rings is 1. The summed E-state index contributed by atoms with van der Waals surface area (Å²) < 4.78 is 49.5. The molecule has 0 spiro atoms. The average molecular weight is 631 g/mol. The molecule has 0 aliphatic heterocycles. The van der Waals surface area contributed by atoms with Crippen LogP contribution in [-0.2, 0) is 19.3 Å². The monoisotopic (exact) mass is 630 g/mol. The van der Waals surface area contributed by atoms with E-state index in [-0.39, 0.29) is 41.6 Å². The molecule has 214 valence electrons. The number of aromatic nitrogens is 4. The van der Waals surface area contributed by atoms with Crippen molar-refractivity contribution in [2.24, 2.45) is 0 Å². The highest BCUT2D eigenvalue weighted by molar-refractivity contribution is 7.16. The second kappa shape index (κ2) is 11.8. The van der Waals surface area contributed by atoms with Crippen LogP contribution in [0.2, 0.25) is 4.34 Å². The highest BCUT2D eigenvalue weighted by atomic mass is 35.5. The van der Waals surface area contributed by atoms with E-state index in [2.05, 4.69) is 15.4 Å². The summed E-state index contributed by atoms with van der Waals surface area (Å²) in [6, 6.07) is 12.5. The Morgan fingerprint density at radius 2 is 1.98 bits per heavy atom. The van der Waals surface area contributed by atoms with Crippen molar-refractivity contribution >= 4 is 46.0 Å². The lowest BCUT2D eigenvalue weighted by Gasteiger charge is -2.14. The van der Waals surface area contributed by atoms with Crippen LogP contribution in [0.5, 0.6) is 5.75 Å². The summed E-state index contributed by atoms with van der Waals surface area (Å²) in [5.41, 5.74) is -2.52. The number of nitrogens with zero attached hydrogens (tertiary/aromatic N) is 5. The first-order valence-corrected chi connectivity index (χ1v) is 14.1. The molecule has 1 aromatic carbocycles. The number of hydrogen-bond acceptors (Lipinski definition) is 9. The van der Waals surface area contributed by atoms with Crippen molar-refractivity contribution in [3.05, 3.63) is 102 Å². The number of methoxy groups -OCH3 is 1. The van der Waals surface area contributed by atoms with Gasteiger partial charge < -0.3 is 10.1 Å². The number of nitriles is 1. The number of ether oxygens (including phenoxy) is 1. The molecule has 0 aliphatic rings. The van der Waals surface area contributed by atoms with Crippen LogP contribution in [0, 0.1) is 11.3 Å². The minimum atomic E-state index is -4.82. The van der Waals surface area contributed by atoms with Gasteiger partial charge >= 0.3 is 6.18 Å². The third-order valence-electron chi connectivity index (χ3n) is 6.08. The number of carbonyl (C=O) groups is 1. The lowest BCUT2D eigenvalue weighted by Crippen LogP contribution is -2.25. The third-order valence-corrected chi connectivity index (χ3v) is 8.08. The second-order valence-electron chi connectivity index (χ2n) is 8.61. The summed E-state index contributed by atoms with van der Waals surface area (Å²) >= 11 is 8.59. The van der Waals surface area contributed by atoms with E-state index in [1.165, 1.54) is 58.6 Å². The number of carbonyl (C=O) groups excluding carboxylic acids is 1. The van der Waals surface area contributed by atoms with Crippen LogP contribution in [-0.4, -0.2) is 32.3 Å². The zero-order chi connectivity index (χ0) is 30.0. The number of hydrogen-bond donors (Lipinski definition) is 1. The van der Waals surface area contributed by atoms with Crippen LogP contribution in [0.4, 0.5) is 19.0 Å². The molecule has 4 heterocycles. The Morgan fingerprint density at radius 3 is 2.62 bits per heavy atom. The van der Waals surface area contributed by atoms with Crippen LogP contribution in [0.1, 0.15) is 31.5 Å². The highest BCUT2D eigenvalue weighted by Gasteiger charge is 2.36. The zero-order valence-corrected chi connectivity index (χ0v) is 23.9. The molecule has 0 fully saturated rings.